The number of benzene rings is 2. The fraction of sp³-hybridized carbons (Fsp3) is 0.263. The molecule has 1 N–H and O–H groups in total. The molecule has 0 fully saturated rings. The molecule has 124 valence electrons. The number of carboxylic acids is 1. The van der Waals surface area contributed by atoms with Gasteiger partial charge in [-0.1, -0.05) is 30.3 Å². The fourth-order valence-electron chi connectivity index (χ4n) is 2.89. The molecule has 1 aromatic heterocycles. The van der Waals surface area contributed by atoms with Gasteiger partial charge in [0.15, 0.2) is 0 Å². The minimum Gasteiger partial charge on any atom is -0.480 e. The Morgan fingerprint density at radius 1 is 1.12 bits per heavy atom. The number of hydrogen-bond acceptors (Lipinski definition) is 3. The molecule has 0 aliphatic carbocycles. The molecule has 1 heterocycles. The zero-order valence-electron chi connectivity index (χ0n) is 13.7. The Morgan fingerprint density at radius 2 is 1.88 bits per heavy atom. The molecular formula is C19H19NO4. The second kappa shape index (κ2) is 6.35. The largest absolute Gasteiger partial charge is 0.480 e. The highest BCUT2D eigenvalue weighted by molar-refractivity contribution is 6.06. The molecular weight excluding hydrogens is 306 g/mol. The summed E-state index contributed by atoms with van der Waals surface area (Å²) in [5.74, 6) is -0.731. The normalized spacial score (nSPS) is 11.3. The molecule has 5 heteroatoms. The molecule has 24 heavy (non-hydrogen) atoms. The van der Waals surface area contributed by atoms with Crippen molar-refractivity contribution in [3.8, 4) is 0 Å². The zero-order valence-corrected chi connectivity index (χ0v) is 13.7. The topological polar surface area (TPSA) is 70.8 Å². The summed E-state index contributed by atoms with van der Waals surface area (Å²) in [5, 5.41) is 12.1. The van der Waals surface area contributed by atoms with Crippen molar-refractivity contribution in [1.29, 1.82) is 0 Å². The highest BCUT2D eigenvalue weighted by atomic mass is 16.4. The van der Waals surface area contributed by atoms with Gasteiger partial charge in [0.05, 0.1) is 6.42 Å². The lowest BCUT2D eigenvalue weighted by molar-refractivity contribution is -0.145. The Balaban J connectivity index is 1.91. The number of carbonyl (C=O) groups excluding carboxylic acids is 1. The minimum atomic E-state index is -1.02. The van der Waals surface area contributed by atoms with E-state index in [-0.39, 0.29) is 24.9 Å². The average Bonchev–Trinajstić information content (AvgIpc) is 2.95. The number of hydrogen-bond donors (Lipinski definition) is 1. The van der Waals surface area contributed by atoms with E-state index in [1.807, 2.05) is 42.5 Å². The predicted molar refractivity (Wildman–Crippen MR) is 91.9 cm³/mol. The molecule has 0 saturated heterocycles. The number of nitrogens with zero attached hydrogens (tertiary/aromatic N) is 1. The Labute approximate surface area is 139 Å². The highest BCUT2D eigenvalue weighted by Crippen LogP contribution is 2.28. The Hall–Kier alpha value is -2.82. The van der Waals surface area contributed by atoms with E-state index in [2.05, 4.69) is 0 Å². The second-order valence-electron chi connectivity index (χ2n) is 6.10. The van der Waals surface area contributed by atoms with Crippen molar-refractivity contribution in [2.45, 2.75) is 26.3 Å². The van der Waals surface area contributed by atoms with Gasteiger partial charge in [0.1, 0.15) is 17.9 Å². The van der Waals surface area contributed by atoms with Gasteiger partial charge < -0.3 is 14.4 Å². The molecule has 5 nitrogen and oxygen atoms in total. The monoisotopic (exact) mass is 325 g/mol. The third-order valence-corrected chi connectivity index (χ3v) is 4.05. The van der Waals surface area contributed by atoms with Crippen LogP contribution in [0.15, 0.2) is 46.9 Å². The molecule has 0 bridgehead atoms. The van der Waals surface area contributed by atoms with Crippen LogP contribution in [0.3, 0.4) is 0 Å². The van der Waals surface area contributed by atoms with E-state index in [1.54, 1.807) is 13.8 Å². The van der Waals surface area contributed by atoms with Crippen LogP contribution in [0.4, 0.5) is 0 Å². The fourth-order valence-corrected chi connectivity index (χ4v) is 2.89. The molecule has 0 unspecified atom stereocenters. The Morgan fingerprint density at radius 3 is 2.58 bits per heavy atom. The lowest BCUT2D eigenvalue weighted by Crippen LogP contribution is -2.41. The Bertz CT molecular complexity index is 910. The van der Waals surface area contributed by atoms with Gasteiger partial charge in [-0.3, -0.25) is 9.59 Å². The summed E-state index contributed by atoms with van der Waals surface area (Å²) in [6, 6.07) is 13.6. The summed E-state index contributed by atoms with van der Waals surface area (Å²) in [5.41, 5.74) is 0.728. The van der Waals surface area contributed by atoms with E-state index in [0.29, 0.717) is 5.76 Å². The first kappa shape index (κ1) is 16.1. The molecule has 1 amide bonds. The number of amides is 1. The van der Waals surface area contributed by atoms with Gasteiger partial charge in [0.25, 0.3) is 0 Å². The molecule has 2 aromatic carbocycles. The summed E-state index contributed by atoms with van der Waals surface area (Å²) in [7, 11) is 0. The number of rotatable bonds is 5. The first-order chi connectivity index (χ1) is 11.5. The van der Waals surface area contributed by atoms with Gasteiger partial charge in [0.2, 0.25) is 5.91 Å². The maximum absolute atomic E-state index is 12.4. The van der Waals surface area contributed by atoms with E-state index in [4.69, 9.17) is 9.52 Å². The lowest BCUT2D eigenvalue weighted by Gasteiger charge is -2.24. The summed E-state index contributed by atoms with van der Waals surface area (Å²) in [6.45, 7) is 3.29. The van der Waals surface area contributed by atoms with Crippen molar-refractivity contribution >= 4 is 33.6 Å². The van der Waals surface area contributed by atoms with Crippen molar-refractivity contribution in [2.75, 3.05) is 6.54 Å². The molecule has 3 rings (SSSR count). The van der Waals surface area contributed by atoms with Crippen LogP contribution in [-0.4, -0.2) is 34.5 Å². The van der Waals surface area contributed by atoms with Crippen LogP contribution >= 0.6 is 0 Å². The molecule has 0 saturated carbocycles. The maximum atomic E-state index is 12.4. The van der Waals surface area contributed by atoms with Crippen molar-refractivity contribution < 1.29 is 19.1 Å². The van der Waals surface area contributed by atoms with Crippen LogP contribution in [0.2, 0.25) is 0 Å². The van der Waals surface area contributed by atoms with Crippen molar-refractivity contribution in [3.05, 3.63) is 48.2 Å². The summed E-state index contributed by atoms with van der Waals surface area (Å²) in [4.78, 5) is 24.7. The zero-order chi connectivity index (χ0) is 17.3. The van der Waals surface area contributed by atoms with Crippen molar-refractivity contribution in [3.63, 3.8) is 0 Å². The first-order valence-corrected chi connectivity index (χ1v) is 7.87. The minimum absolute atomic E-state index is 0.0501. The van der Waals surface area contributed by atoms with Crippen LogP contribution in [-0.2, 0) is 16.0 Å². The number of aliphatic carboxylic acids is 1. The van der Waals surface area contributed by atoms with Crippen LogP contribution in [0.1, 0.15) is 19.6 Å². The maximum Gasteiger partial charge on any atom is 0.323 e. The quantitative estimate of drug-likeness (QED) is 0.780. The third kappa shape index (κ3) is 3.11. The molecule has 0 aliphatic heterocycles. The predicted octanol–water partition coefficient (Wildman–Crippen LogP) is 3.45. The number of carbonyl (C=O) groups is 2. The smallest absolute Gasteiger partial charge is 0.323 e. The van der Waals surface area contributed by atoms with Crippen LogP contribution < -0.4 is 0 Å². The first-order valence-electron chi connectivity index (χ1n) is 7.87. The van der Waals surface area contributed by atoms with Crippen molar-refractivity contribution in [1.82, 2.24) is 4.90 Å². The van der Waals surface area contributed by atoms with Gasteiger partial charge in [-0.05, 0) is 36.8 Å². The molecule has 0 aliphatic rings. The summed E-state index contributed by atoms with van der Waals surface area (Å²) >= 11 is 0. The van der Waals surface area contributed by atoms with Gasteiger partial charge >= 0.3 is 5.97 Å². The molecule has 0 spiro atoms. The number of carboxylic acid groups (broad SMARTS) is 1. The average molecular weight is 325 g/mol. The van der Waals surface area contributed by atoms with Gasteiger partial charge in [-0.15, -0.1) is 0 Å². The van der Waals surface area contributed by atoms with Crippen LogP contribution in [0.5, 0.6) is 0 Å². The number of fused-ring (bicyclic) bond motifs is 3. The van der Waals surface area contributed by atoms with E-state index in [9.17, 15) is 9.59 Å². The molecule has 0 atom stereocenters. The molecule has 3 aromatic rings. The summed E-state index contributed by atoms with van der Waals surface area (Å²) < 4.78 is 5.79. The van der Waals surface area contributed by atoms with Crippen LogP contribution in [0, 0.1) is 0 Å². The van der Waals surface area contributed by atoms with E-state index < -0.39 is 5.97 Å². The van der Waals surface area contributed by atoms with Crippen LogP contribution in [0.25, 0.3) is 21.7 Å². The van der Waals surface area contributed by atoms with Gasteiger partial charge in [-0.25, -0.2) is 0 Å². The van der Waals surface area contributed by atoms with Crippen molar-refractivity contribution in [2.24, 2.45) is 0 Å². The number of furan rings is 1. The SMILES string of the molecule is CC(C)N(CC(=O)O)C(=O)Cc1cc2c(ccc3ccccc32)o1. The lowest BCUT2D eigenvalue weighted by atomic mass is 10.1. The van der Waals surface area contributed by atoms with Gasteiger partial charge in [0, 0.05) is 11.4 Å². The highest BCUT2D eigenvalue weighted by Gasteiger charge is 2.21. The van der Waals surface area contributed by atoms with E-state index in [1.165, 1.54) is 4.90 Å². The Kier molecular flexibility index (Phi) is 4.25. The van der Waals surface area contributed by atoms with E-state index in [0.717, 1.165) is 21.7 Å². The second-order valence-corrected chi connectivity index (χ2v) is 6.10. The summed E-state index contributed by atoms with van der Waals surface area (Å²) in [6.07, 6.45) is 0.0501. The molecule has 0 radical (unpaired) electrons. The standard InChI is InChI=1S/C19H19NO4/c1-12(2)20(11-19(22)23)18(21)10-14-9-16-15-6-4-3-5-13(15)7-8-17(16)24-14/h3-9,12H,10-11H2,1-2H3,(H,22,23). The van der Waals surface area contributed by atoms with Gasteiger partial charge in [-0.2, -0.15) is 0 Å². The van der Waals surface area contributed by atoms with E-state index >= 15 is 0 Å². The third-order valence-electron chi connectivity index (χ3n) is 4.05.